The van der Waals surface area contributed by atoms with Crippen LogP contribution in [0.2, 0.25) is 5.02 Å². The number of benzene rings is 1. The second-order valence-corrected chi connectivity index (χ2v) is 7.66. The van der Waals surface area contributed by atoms with Gasteiger partial charge in [-0.3, -0.25) is 4.90 Å². The van der Waals surface area contributed by atoms with Gasteiger partial charge in [-0.2, -0.15) is 0 Å². The van der Waals surface area contributed by atoms with Gasteiger partial charge >= 0.3 is 0 Å². The van der Waals surface area contributed by atoms with Gasteiger partial charge in [0.1, 0.15) is 0 Å². The quantitative estimate of drug-likeness (QED) is 0.759. The lowest BCUT2D eigenvalue weighted by Crippen LogP contribution is -2.38. The third-order valence-corrected chi connectivity index (χ3v) is 5.76. The van der Waals surface area contributed by atoms with Gasteiger partial charge in [-0.15, -0.1) is 11.3 Å². The van der Waals surface area contributed by atoms with E-state index in [0.717, 1.165) is 9.50 Å². The highest BCUT2D eigenvalue weighted by atomic mass is 79.9. The van der Waals surface area contributed by atoms with Crippen LogP contribution < -0.4 is 5.73 Å². The maximum atomic E-state index is 6.25. The van der Waals surface area contributed by atoms with E-state index in [4.69, 9.17) is 17.3 Å². The van der Waals surface area contributed by atoms with E-state index in [1.807, 2.05) is 18.2 Å². The van der Waals surface area contributed by atoms with Crippen molar-refractivity contribution in [1.82, 2.24) is 4.90 Å². The molecular weight excluding hydrogens is 368 g/mol. The van der Waals surface area contributed by atoms with E-state index in [-0.39, 0.29) is 18.1 Å². The molecule has 0 amide bonds. The normalized spacial score (nSPS) is 16.0. The van der Waals surface area contributed by atoms with Crippen molar-refractivity contribution >= 4 is 38.9 Å². The van der Waals surface area contributed by atoms with Crippen LogP contribution in [0.1, 0.15) is 36.4 Å². The van der Waals surface area contributed by atoms with Crippen LogP contribution in [-0.2, 0) is 0 Å². The number of halogens is 2. The monoisotopic (exact) mass is 386 g/mol. The summed E-state index contributed by atoms with van der Waals surface area (Å²) in [5.41, 5.74) is 7.45. The van der Waals surface area contributed by atoms with Gasteiger partial charge in [0.2, 0.25) is 0 Å². The first-order chi connectivity index (χ1) is 9.90. The van der Waals surface area contributed by atoms with E-state index >= 15 is 0 Å². The molecule has 2 rings (SSSR count). The Morgan fingerprint density at radius 1 is 1.29 bits per heavy atom. The minimum Gasteiger partial charge on any atom is -0.326 e. The van der Waals surface area contributed by atoms with Crippen molar-refractivity contribution in [3.8, 4) is 0 Å². The fourth-order valence-corrected chi connectivity index (χ4v) is 4.47. The molecule has 0 aliphatic heterocycles. The van der Waals surface area contributed by atoms with Crippen LogP contribution in [0, 0.1) is 0 Å². The second kappa shape index (κ2) is 7.25. The molecular formula is C16H20BrClN2S. The number of likely N-dealkylation sites (N-methyl/N-ethyl adjacent to an activating group) is 1. The number of hydrogen-bond acceptors (Lipinski definition) is 3. The minimum absolute atomic E-state index is 0.0437. The predicted molar refractivity (Wildman–Crippen MR) is 96.0 cm³/mol. The number of rotatable bonds is 5. The first-order valence-electron chi connectivity index (χ1n) is 6.87. The highest BCUT2D eigenvalue weighted by Gasteiger charge is 2.27. The van der Waals surface area contributed by atoms with Crippen molar-refractivity contribution in [3.05, 3.63) is 55.6 Å². The lowest BCUT2D eigenvalue weighted by molar-refractivity contribution is 0.168. The Bertz CT molecular complexity index is 599. The minimum atomic E-state index is 0.0437. The molecule has 2 nitrogen and oxygen atoms in total. The largest absolute Gasteiger partial charge is 0.326 e. The molecule has 2 N–H and O–H groups in total. The van der Waals surface area contributed by atoms with Crippen LogP contribution in [0.25, 0.3) is 0 Å². The Hall–Kier alpha value is -0.390. The van der Waals surface area contributed by atoms with Gasteiger partial charge in [0.15, 0.2) is 0 Å². The van der Waals surface area contributed by atoms with Crippen molar-refractivity contribution in [2.75, 3.05) is 7.05 Å². The van der Waals surface area contributed by atoms with Crippen LogP contribution in [0.15, 0.2) is 40.2 Å². The molecule has 0 bridgehead atoms. The first kappa shape index (κ1) is 17.0. The average Bonchev–Trinajstić information content (AvgIpc) is 2.83. The van der Waals surface area contributed by atoms with Crippen molar-refractivity contribution < 1.29 is 0 Å². The molecule has 0 aliphatic carbocycles. The predicted octanol–water partition coefficient (Wildman–Crippen LogP) is 5.25. The smallest absolute Gasteiger partial charge is 0.0593 e. The van der Waals surface area contributed by atoms with Crippen LogP contribution in [0.5, 0.6) is 0 Å². The van der Waals surface area contributed by atoms with E-state index in [9.17, 15) is 0 Å². The Labute approximate surface area is 144 Å². The number of thiophene rings is 1. The highest BCUT2D eigenvalue weighted by molar-refractivity contribution is 9.10. The third kappa shape index (κ3) is 4.08. The molecule has 0 spiro atoms. The van der Waals surface area contributed by atoms with Gasteiger partial charge < -0.3 is 5.73 Å². The van der Waals surface area contributed by atoms with Crippen LogP contribution >= 0.6 is 38.9 Å². The number of nitrogens with two attached hydrogens (primary N) is 1. The zero-order chi connectivity index (χ0) is 15.6. The first-order valence-corrected chi connectivity index (χ1v) is 8.92. The molecule has 0 radical (unpaired) electrons. The zero-order valence-electron chi connectivity index (χ0n) is 12.4. The maximum Gasteiger partial charge on any atom is 0.0593 e. The van der Waals surface area contributed by atoms with E-state index < -0.39 is 0 Å². The lowest BCUT2D eigenvalue weighted by Gasteiger charge is -2.35. The van der Waals surface area contributed by atoms with E-state index in [0.29, 0.717) is 0 Å². The topological polar surface area (TPSA) is 29.3 Å². The molecule has 0 fully saturated rings. The Morgan fingerprint density at radius 3 is 2.52 bits per heavy atom. The summed E-state index contributed by atoms with van der Waals surface area (Å²) in [4.78, 5) is 3.59. The van der Waals surface area contributed by atoms with Crippen molar-refractivity contribution in [2.24, 2.45) is 5.73 Å². The van der Waals surface area contributed by atoms with Gasteiger partial charge in [0.25, 0.3) is 0 Å². The molecule has 0 aliphatic rings. The molecule has 3 atom stereocenters. The Balaban J connectivity index is 2.28. The number of nitrogens with zero attached hydrogens (tertiary/aromatic N) is 1. The fraction of sp³-hybridized carbons (Fsp3) is 0.375. The highest BCUT2D eigenvalue weighted by Crippen LogP contribution is 2.35. The van der Waals surface area contributed by atoms with Gasteiger partial charge in [-0.25, -0.2) is 0 Å². The molecule has 5 heteroatoms. The third-order valence-electron chi connectivity index (χ3n) is 3.76. The van der Waals surface area contributed by atoms with E-state index in [1.165, 1.54) is 10.4 Å². The summed E-state index contributed by atoms with van der Waals surface area (Å²) in [7, 11) is 2.12. The summed E-state index contributed by atoms with van der Waals surface area (Å²) in [6.07, 6.45) is 0. The van der Waals surface area contributed by atoms with Crippen molar-refractivity contribution in [3.63, 3.8) is 0 Å². The average molecular weight is 388 g/mol. The van der Waals surface area contributed by atoms with Gasteiger partial charge in [0, 0.05) is 31.8 Å². The van der Waals surface area contributed by atoms with E-state index in [1.54, 1.807) is 11.3 Å². The van der Waals surface area contributed by atoms with Crippen LogP contribution in [-0.4, -0.2) is 18.0 Å². The van der Waals surface area contributed by atoms with Crippen LogP contribution in [0.4, 0.5) is 0 Å². The summed E-state index contributed by atoms with van der Waals surface area (Å²) in [5, 5.41) is 2.87. The molecule has 3 unspecified atom stereocenters. The van der Waals surface area contributed by atoms with E-state index in [2.05, 4.69) is 59.2 Å². The molecule has 0 saturated carbocycles. The van der Waals surface area contributed by atoms with Crippen molar-refractivity contribution in [1.29, 1.82) is 0 Å². The molecule has 1 heterocycles. The fourth-order valence-electron chi connectivity index (χ4n) is 2.56. The summed E-state index contributed by atoms with van der Waals surface area (Å²) in [5.74, 6) is 0. The SMILES string of the molecule is CC(N)C(c1cc(Br)cs1)N(C)C(C)c1cccc(Cl)c1. The van der Waals surface area contributed by atoms with Crippen molar-refractivity contribution in [2.45, 2.75) is 32.0 Å². The molecule has 2 aromatic rings. The maximum absolute atomic E-state index is 6.25. The molecule has 1 aromatic carbocycles. The Morgan fingerprint density at radius 2 is 2.00 bits per heavy atom. The molecule has 0 saturated heterocycles. The molecule has 114 valence electrons. The lowest BCUT2D eigenvalue weighted by atomic mass is 10.0. The summed E-state index contributed by atoms with van der Waals surface area (Å²) in [6, 6.07) is 10.6. The van der Waals surface area contributed by atoms with Gasteiger partial charge in [0.05, 0.1) is 6.04 Å². The molecule has 1 aromatic heterocycles. The second-order valence-electron chi connectivity index (χ2n) is 5.37. The zero-order valence-corrected chi connectivity index (χ0v) is 15.5. The Kier molecular flexibility index (Phi) is 5.86. The summed E-state index contributed by atoms with van der Waals surface area (Å²) in [6.45, 7) is 4.24. The summed E-state index contributed by atoms with van der Waals surface area (Å²) >= 11 is 11.4. The van der Waals surface area contributed by atoms with Crippen LogP contribution in [0.3, 0.4) is 0 Å². The summed E-state index contributed by atoms with van der Waals surface area (Å²) < 4.78 is 1.11. The van der Waals surface area contributed by atoms with Gasteiger partial charge in [-0.05, 0) is 60.6 Å². The molecule has 21 heavy (non-hydrogen) atoms. The number of hydrogen-bond donors (Lipinski definition) is 1. The van der Waals surface area contributed by atoms with Gasteiger partial charge in [-0.1, -0.05) is 23.7 Å². The standard InChI is InChI=1S/C16H20BrClN2S/c1-10(19)16(15-8-13(17)9-21-15)20(3)11(2)12-5-4-6-14(18)7-12/h4-11,16H,19H2,1-3H3.